The molecule has 1 N–H and O–H groups in total. The molecule has 0 heterocycles. The normalized spacial score (nSPS) is 11.0. The summed E-state index contributed by atoms with van der Waals surface area (Å²) >= 11 is 0. The SMILES string of the molecule is CCN(CC)CCNC(=O)CCS(=O)(=O)c1ccccc1.Cl. The lowest BCUT2D eigenvalue weighted by Gasteiger charge is -2.17. The lowest BCUT2D eigenvalue weighted by molar-refractivity contribution is -0.120. The van der Waals surface area contributed by atoms with Gasteiger partial charge in [-0.15, -0.1) is 12.4 Å². The zero-order valence-electron chi connectivity index (χ0n) is 13.1. The van der Waals surface area contributed by atoms with E-state index in [2.05, 4.69) is 24.1 Å². The third-order valence-electron chi connectivity index (χ3n) is 3.34. The monoisotopic (exact) mass is 348 g/mol. The summed E-state index contributed by atoms with van der Waals surface area (Å²) in [5, 5.41) is 2.76. The minimum Gasteiger partial charge on any atom is -0.355 e. The summed E-state index contributed by atoms with van der Waals surface area (Å²) in [6, 6.07) is 8.22. The maximum Gasteiger partial charge on any atom is 0.221 e. The van der Waals surface area contributed by atoms with Crippen molar-refractivity contribution < 1.29 is 13.2 Å². The lowest BCUT2D eigenvalue weighted by Crippen LogP contribution is -2.35. The van der Waals surface area contributed by atoms with Gasteiger partial charge in [-0.05, 0) is 25.2 Å². The third-order valence-corrected chi connectivity index (χ3v) is 5.08. The number of hydrogen-bond acceptors (Lipinski definition) is 4. The first-order chi connectivity index (χ1) is 9.99. The molecule has 1 amide bonds. The fraction of sp³-hybridized carbons (Fsp3) is 0.533. The molecule has 1 aromatic rings. The number of sulfone groups is 1. The topological polar surface area (TPSA) is 66.5 Å². The van der Waals surface area contributed by atoms with Gasteiger partial charge < -0.3 is 10.2 Å². The number of halogens is 1. The van der Waals surface area contributed by atoms with Gasteiger partial charge >= 0.3 is 0 Å². The van der Waals surface area contributed by atoms with E-state index in [0.717, 1.165) is 19.6 Å². The van der Waals surface area contributed by atoms with Gasteiger partial charge in [0.25, 0.3) is 0 Å². The Morgan fingerprint density at radius 3 is 2.27 bits per heavy atom. The molecule has 126 valence electrons. The molecule has 22 heavy (non-hydrogen) atoms. The maximum absolute atomic E-state index is 12.0. The van der Waals surface area contributed by atoms with Gasteiger partial charge in [-0.2, -0.15) is 0 Å². The molecule has 5 nitrogen and oxygen atoms in total. The van der Waals surface area contributed by atoms with Gasteiger partial charge in [0.2, 0.25) is 5.91 Å². The zero-order chi connectivity index (χ0) is 15.7. The highest BCUT2D eigenvalue weighted by molar-refractivity contribution is 7.91. The molecule has 0 atom stereocenters. The molecule has 0 saturated heterocycles. The fourth-order valence-corrected chi connectivity index (χ4v) is 3.22. The number of likely N-dealkylation sites (N-methyl/N-ethyl adjacent to an activating group) is 1. The molecule has 0 aliphatic carbocycles. The van der Waals surface area contributed by atoms with Crippen LogP contribution in [-0.4, -0.2) is 51.2 Å². The van der Waals surface area contributed by atoms with Crippen molar-refractivity contribution in [2.24, 2.45) is 0 Å². The summed E-state index contributed by atoms with van der Waals surface area (Å²) in [5.41, 5.74) is 0. The highest BCUT2D eigenvalue weighted by Crippen LogP contribution is 2.10. The summed E-state index contributed by atoms with van der Waals surface area (Å²) in [7, 11) is -3.38. The number of carbonyl (C=O) groups excluding carboxylic acids is 1. The minimum absolute atomic E-state index is 0. The Kier molecular flexibility index (Phi) is 10.1. The number of benzene rings is 1. The predicted octanol–water partition coefficient (Wildman–Crippen LogP) is 1.73. The number of nitrogens with zero attached hydrogens (tertiary/aromatic N) is 1. The quantitative estimate of drug-likeness (QED) is 0.738. The molecule has 1 aromatic carbocycles. The number of rotatable bonds is 9. The third kappa shape index (κ3) is 7.24. The maximum atomic E-state index is 12.0. The molecule has 0 aliphatic rings. The van der Waals surface area contributed by atoms with E-state index >= 15 is 0 Å². The molecule has 0 spiro atoms. The van der Waals surface area contributed by atoms with Crippen molar-refractivity contribution in [1.82, 2.24) is 10.2 Å². The number of carbonyl (C=O) groups is 1. The first kappa shape index (κ1) is 20.9. The average molecular weight is 349 g/mol. The Hall–Kier alpha value is -1.11. The van der Waals surface area contributed by atoms with Crippen molar-refractivity contribution >= 4 is 28.2 Å². The van der Waals surface area contributed by atoms with Crippen LogP contribution in [0.5, 0.6) is 0 Å². The van der Waals surface area contributed by atoms with E-state index < -0.39 is 9.84 Å². The second-order valence-electron chi connectivity index (χ2n) is 4.76. The van der Waals surface area contributed by atoms with Gasteiger partial charge in [-0.3, -0.25) is 4.79 Å². The van der Waals surface area contributed by atoms with Crippen LogP contribution in [-0.2, 0) is 14.6 Å². The molecule has 7 heteroatoms. The number of nitrogens with one attached hydrogen (secondary N) is 1. The Morgan fingerprint density at radius 2 is 1.73 bits per heavy atom. The van der Waals surface area contributed by atoms with Gasteiger partial charge in [0.15, 0.2) is 9.84 Å². The molecule has 0 aliphatic heterocycles. The Morgan fingerprint density at radius 1 is 1.14 bits per heavy atom. The van der Waals surface area contributed by atoms with E-state index in [1.54, 1.807) is 30.3 Å². The largest absolute Gasteiger partial charge is 0.355 e. The zero-order valence-corrected chi connectivity index (χ0v) is 14.8. The fourth-order valence-electron chi connectivity index (χ4n) is 1.95. The van der Waals surface area contributed by atoms with Crippen LogP contribution in [0, 0.1) is 0 Å². The molecule has 0 radical (unpaired) electrons. The molecular weight excluding hydrogens is 324 g/mol. The highest BCUT2D eigenvalue weighted by atomic mass is 35.5. The van der Waals surface area contributed by atoms with Crippen molar-refractivity contribution in [1.29, 1.82) is 0 Å². The second kappa shape index (κ2) is 10.6. The van der Waals surface area contributed by atoms with Crippen molar-refractivity contribution in [2.75, 3.05) is 31.9 Å². The average Bonchev–Trinajstić information content (AvgIpc) is 2.50. The van der Waals surface area contributed by atoms with E-state index in [1.165, 1.54) is 0 Å². The van der Waals surface area contributed by atoms with Gasteiger partial charge in [0.05, 0.1) is 10.6 Å². The molecular formula is C15H25ClN2O3S. The van der Waals surface area contributed by atoms with Crippen LogP contribution in [0.15, 0.2) is 35.2 Å². The summed E-state index contributed by atoms with van der Waals surface area (Å²) in [6.45, 7) is 7.34. The van der Waals surface area contributed by atoms with Gasteiger partial charge in [0, 0.05) is 19.5 Å². The lowest BCUT2D eigenvalue weighted by atomic mass is 10.4. The predicted molar refractivity (Wildman–Crippen MR) is 91.2 cm³/mol. The smallest absolute Gasteiger partial charge is 0.221 e. The molecule has 0 unspecified atom stereocenters. The van der Waals surface area contributed by atoms with Crippen LogP contribution >= 0.6 is 12.4 Å². The molecule has 0 aromatic heterocycles. The van der Waals surface area contributed by atoms with Crippen molar-refractivity contribution in [3.63, 3.8) is 0 Å². The number of hydrogen-bond donors (Lipinski definition) is 1. The molecule has 1 rings (SSSR count). The van der Waals surface area contributed by atoms with Gasteiger partial charge in [-0.25, -0.2) is 8.42 Å². The van der Waals surface area contributed by atoms with E-state index in [0.29, 0.717) is 6.54 Å². The van der Waals surface area contributed by atoms with E-state index in [-0.39, 0.29) is 35.4 Å². The first-order valence-corrected chi connectivity index (χ1v) is 8.91. The van der Waals surface area contributed by atoms with E-state index in [9.17, 15) is 13.2 Å². The summed E-state index contributed by atoms with van der Waals surface area (Å²) in [6.07, 6.45) is -0.00449. The Balaban J connectivity index is 0.00000441. The van der Waals surface area contributed by atoms with Crippen molar-refractivity contribution in [2.45, 2.75) is 25.2 Å². The summed E-state index contributed by atoms with van der Waals surface area (Å²) in [5.74, 6) is -0.379. The van der Waals surface area contributed by atoms with Crippen LogP contribution < -0.4 is 5.32 Å². The van der Waals surface area contributed by atoms with Crippen LogP contribution in [0.25, 0.3) is 0 Å². The van der Waals surface area contributed by atoms with Crippen molar-refractivity contribution in [3.05, 3.63) is 30.3 Å². The Bertz CT molecular complexity index is 531. The van der Waals surface area contributed by atoms with E-state index in [1.807, 2.05) is 0 Å². The second-order valence-corrected chi connectivity index (χ2v) is 6.87. The van der Waals surface area contributed by atoms with Crippen LogP contribution in [0.4, 0.5) is 0 Å². The van der Waals surface area contributed by atoms with E-state index in [4.69, 9.17) is 0 Å². The van der Waals surface area contributed by atoms with Crippen LogP contribution in [0.2, 0.25) is 0 Å². The van der Waals surface area contributed by atoms with Crippen molar-refractivity contribution in [3.8, 4) is 0 Å². The number of amides is 1. The van der Waals surface area contributed by atoms with Gasteiger partial charge in [0.1, 0.15) is 0 Å². The summed E-state index contributed by atoms with van der Waals surface area (Å²) < 4.78 is 24.0. The Labute approximate surface area is 139 Å². The molecule has 0 fully saturated rings. The first-order valence-electron chi connectivity index (χ1n) is 7.26. The molecule has 0 saturated carbocycles. The highest BCUT2D eigenvalue weighted by Gasteiger charge is 2.15. The standard InChI is InChI=1S/C15H24N2O3S.ClH/c1-3-17(4-2)12-11-16-15(18)10-13-21(19,20)14-8-6-5-7-9-14;/h5-9H,3-4,10-13H2,1-2H3,(H,16,18);1H. The molecule has 0 bridgehead atoms. The summed E-state index contributed by atoms with van der Waals surface area (Å²) in [4.78, 5) is 14.1. The minimum atomic E-state index is -3.38. The van der Waals surface area contributed by atoms with Crippen LogP contribution in [0.3, 0.4) is 0 Å². The van der Waals surface area contributed by atoms with Crippen LogP contribution in [0.1, 0.15) is 20.3 Å². The van der Waals surface area contributed by atoms with Gasteiger partial charge in [-0.1, -0.05) is 32.0 Å².